The number of aryl methyl sites for hydroxylation is 3. The van der Waals surface area contributed by atoms with Crippen molar-refractivity contribution >= 4 is 21.6 Å². The fourth-order valence-electron chi connectivity index (χ4n) is 5.07. The third kappa shape index (κ3) is 6.46. The molecule has 1 heterocycles. The van der Waals surface area contributed by atoms with Crippen molar-refractivity contribution in [3.05, 3.63) is 125 Å². The fraction of sp³-hybridized carbons (Fsp3) is 0.250. The highest BCUT2D eigenvalue weighted by molar-refractivity contribution is 7.89. The Hall–Kier alpha value is -3.88. The first-order valence-corrected chi connectivity index (χ1v) is 15.0. The number of hydrogen-bond donors (Lipinski definition) is 1. The molecule has 5 rings (SSSR count). The number of carbonyl (C=O) groups excluding carboxylic acids is 1. The summed E-state index contributed by atoms with van der Waals surface area (Å²) in [7, 11) is -3.72. The summed E-state index contributed by atoms with van der Waals surface area (Å²) in [6.07, 6.45) is 6.37. The van der Waals surface area contributed by atoms with Crippen LogP contribution in [0.25, 0.3) is 0 Å². The molecule has 0 saturated heterocycles. The van der Waals surface area contributed by atoms with Crippen LogP contribution in [0.3, 0.4) is 0 Å². The molecular weight excluding hydrogens is 525 g/mol. The number of hydrogen-bond acceptors (Lipinski definition) is 4. The lowest BCUT2D eigenvalue weighted by molar-refractivity contribution is -0.118. The highest BCUT2D eigenvalue weighted by Gasteiger charge is 2.29. The van der Waals surface area contributed by atoms with E-state index < -0.39 is 10.0 Å². The first-order chi connectivity index (χ1) is 19.3. The summed E-state index contributed by atoms with van der Waals surface area (Å²) in [5, 5.41) is 0. The summed E-state index contributed by atoms with van der Waals surface area (Å²) in [4.78, 5) is 19.7. The number of halogens is 1. The third-order valence-corrected chi connectivity index (χ3v) is 8.85. The van der Waals surface area contributed by atoms with Gasteiger partial charge in [-0.3, -0.25) is 9.78 Å². The smallest absolute Gasteiger partial charge is 0.241 e. The van der Waals surface area contributed by atoms with Gasteiger partial charge in [-0.1, -0.05) is 43.3 Å². The number of carbonyl (C=O) groups is 1. The van der Waals surface area contributed by atoms with E-state index in [9.17, 15) is 17.6 Å². The van der Waals surface area contributed by atoms with Gasteiger partial charge >= 0.3 is 0 Å². The Bertz CT molecular complexity index is 1570. The van der Waals surface area contributed by atoms with Crippen LogP contribution in [0.15, 0.2) is 96.2 Å². The molecule has 1 N–H and O–H groups in total. The Morgan fingerprint density at radius 1 is 1.00 bits per heavy atom. The summed E-state index contributed by atoms with van der Waals surface area (Å²) in [5.74, 6) is -0.395. The van der Waals surface area contributed by atoms with Gasteiger partial charge < -0.3 is 4.90 Å². The molecule has 1 aliphatic carbocycles. The average Bonchev–Trinajstić information content (AvgIpc) is 3.37. The van der Waals surface area contributed by atoms with Gasteiger partial charge in [0.2, 0.25) is 15.9 Å². The second-order valence-electron chi connectivity index (χ2n) is 10.1. The Morgan fingerprint density at radius 3 is 2.45 bits per heavy atom. The number of nitrogens with one attached hydrogen (secondary N) is 1. The lowest BCUT2D eigenvalue weighted by Crippen LogP contribution is -2.31. The first kappa shape index (κ1) is 27.7. The molecule has 6 nitrogen and oxygen atoms in total. The quantitative estimate of drug-likeness (QED) is 0.263. The van der Waals surface area contributed by atoms with Crippen molar-refractivity contribution < 1.29 is 17.6 Å². The minimum absolute atomic E-state index is 0.0840. The van der Waals surface area contributed by atoms with Crippen LogP contribution in [-0.2, 0) is 40.6 Å². The molecule has 1 aliphatic rings. The summed E-state index contributed by atoms with van der Waals surface area (Å²) < 4.78 is 42.6. The van der Waals surface area contributed by atoms with Crippen molar-refractivity contribution in [2.75, 3.05) is 4.90 Å². The van der Waals surface area contributed by atoms with Gasteiger partial charge in [-0.05, 0) is 96.0 Å². The summed E-state index contributed by atoms with van der Waals surface area (Å²) in [5.41, 5.74) is 5.49. The molecule has 0 bridgehead atoms. The van der Waals surface area contributed by atoms with E-state index in [2.05, 4.69) is 9.71 Å². The predicted molar refractivity (Wildman–Crippen MR) is 154 cm³/mol. The normalized spacial score (nSPS) is 14.6. The van der Waals surface area contributed by atoms with Crippen molar-refractivity contribution in [2.24, 2.45) is 0 Å². The first-order valence-electron chi connectivity index (χ1n) is 13.5. The Kier molecular flexibility index (Phi) is 8.38. The van der Waals surface area contributed by atoms with Crippen molar-refractivity contribution in [1.82, 2.24) is 9.71 Å². The van der Waals surface area contributed by atoms with E-state index in [0.717, 1.165) is 40.7 Å². The lowest BCUT2D eigenvalue weighted by Gasteiger charge is -2.25. The van der Waals surface area contributed by atoms with Crippen LogP contribution in [0.2, 0.25) is 0 Å². The second kappa shape index (κ2) is 12.1. The summed E-state index contributed by atoms with van der Waals surface area (Å²) in [6, 6.07) is 22.3. The number of anilines is 1. The SMILES string of the molecule is CCc1ccc(S(=O)(=O)NC2CCc3ccc(N(Cc4cccnc4)C(=O)CCc4ccc(F)cc4)cc32)cc1. The molecule has 8 heteroatoms. The Balaban J connectivity index is 1.39. The number of sulfonamides is 1. The predicted octanol–water partition coefficient (Wildman–Crippen LogP) is 5.91. The monoisotopic (exact) mass is 557 g/mol. The fourth-order valence-corrected chi connectivity index (χ4v) is 6.32. The average molecular weight is 558 g/mol. The number of amides is 1. The van der Waals surface area contributed by atoms with Gasteiger partial charge in [-0.25, -0.2) is 17.5 Å². The van der Waals surface area contributed by atoms with Crippen molar-refractivity contribution in [2.45, 2.75) is 56.5 Å². The molecule has 1 atom stereocenters. The number of nitrogens with zero attached hydrogens (tertiary/aromatic N) is 2. The van der Waals surface area contributed by atoms with Gasteiger partial charge in [0.15, 0.2) is 0 Å². The van der Waals surface area contributed by atoms with Crippen molar-refractivity contribution in [3.8, 4) is 0 Å². The Morgan fingerprint density at radius 2 is 1.75 bits per heavy atom. The number of benzene rings is 3. The van der Waals surface area contributed by atoms with Gasteiger partial charge in [0.05, 0.1) is 11.4 Å². The molecule has 206 valence electrons. The topological polar surface area (TPSA) is 79.4 Å². The van der Waals surface area contributed by atoms with Crippen LogP contribution >= 0.6 is 0 Å². The van der Waals surface area contributed by atoms with Crippen LogP contribution in [0, 0.1) is 5.82 Å². The number of rotatable bonds is 10. The lowest BCUT2D eigenvalue weighted by atomic mass is 10.1. The third-order valence-electron chi connectivity index (χ3n) is 7.36. The van der Waals surface area contributed by atoms with Crippen LogP contribution in [0.5, 0.6) is 0 Å². The van der Waals surface area contributed by atoms with E-state index >= 15 is 0 Å². The van der Waals surface area contributed by atoms with Crippen LogP contribution in [0.4, 0.5) is 10.1 Å². The molecule has 0 spiro atoms. The molecule has 1 amide bonds. The van der Waals surface area contributed by atoms with Crippen molar-refractivity contribution in [3.63, 3.8) is 0 Å². The molecule has 0 fully saturated rings. The molecule has 40 heavy (non-hydrogen) atoms. The molecule has 4 aromatic rings. The molecule has 1 aromatic heterocycles. The van der Waals surface area contributed by atoms with Crippen LogP contribution in [-0.4, -0.2) is 19.3 Å². The largest absolute Gasteiger partial charge is 0.308 e. The van der Waals surface area contributed by atoms with Gasteiger partial charge in [-0.15, -0.1) is 0 Å². The molecule has 0 aliphatic heterocycles. The molecule has 1 unspecified atom stereocenters. The Labute approximate surface area is 234 Å². The highest BCUT2D eigenvalue weighted by atomic mass is 32.2. The maximum atomic E-state index is 13.6. The van der Waals surface area contributed by atoms with E-state index in [1.807, 2.05) is 49.4 Å². The van der Waals surface area contributed by atoms with Gasteiger partial charge in [0.25, 0.3) is 0 Å². The summed E-state index contributed by atoms with van der Waals surface area (Å²) >= 11 is 0. The second-order valence-corrected chi connectivity index (χ2v) is 11.8. The minimum Gasteiger partial charge on any atom is -0.308 e. The van der Waals surface area contributed by atoms with E-state index in [4.69, 9.17) is 0 Å². The van der Waals surface area contributed by atoms with Gasteiger partial charge in [0.1, 0.15) is 5.82 Å². The van der Waals surface area contributed by atoms with Gasteiger partial charge in [0, 0.05) is 30.5 Å². The highest BCUT2D eigenvalue weighted by Crippen LogP contribution is 2.36. The zero-order valence-electron chi connectivity index (χ0n) is 22.4. The van der Waals surface area contributed by atoms with Crippen LogP contribution < -0.4 is 9.62 Å². The zero-order chi connectivity index (χ0) is 28.1. The van der Waals surface area contributed by atoms with E-state index in [0.29, 0.717) is 25.1 Å². The van der Waals surface area contributed by atoms with Gasteiger partial charge in [-0.2, -0.15) is 0 Å². The van der Waals surface area contributed by atoms with Crippen LogP contribution in [0.1, 0.15) is 53.6 Å². The summed E-state index contributed by atoms with van der Waals surface area (Å²) in [6.45, 7) is 2.36. The molecular formula is C32H32FN3O3S. The number of fused-ring (bicyclic) bond motifs is 1. The number of aromatic nitrogens is 1. The van der Waals surface area contributed by atoms with E-state index in [1.54, 1.807) is 41.6 Å². The molecule has 0 radical (unpaired) electrons. The minimum atomic E-state index is -3.72. The van der Waals surface area contributed by atoms with E-state index in [-0.39, 0.29) is 29.1 Å². The zero-order valence-corrected chi connectivity index (χ0v) is 23.2. The standard InChI is InChI=1S/C32H32FN3O3S/c1-2-23-7-15-29(16-8-23)40(38,39)35-31-17-11-26-10-14-28(20-30(26)31)36(22-25-4-3-19-34-21-25)32(37)18-9-24-5-12-27(33)13-6-24/h3-8,10,12-16,19-21,31,35H,2,9,11,17-18,22H2,1H3. The maximum absolute atomic E-state index is 13.6. The molecule has 0 saturated carbocycles. The van der Waals surface area contributed by atoms with Crippen molar-refractivity contribution in [1.29, 1.82) is 0 Å². The number of pyridine rings is 1. The maximum Gasteiger partial charge on any atom is 0.241 e. The molecule has 3 aromatic carbocycles. The van der Waals surface area contributed by atoms with E-state index in [1.165, 1.54) is 12.1 Å².